The number of fused-ring (bicyclic) bond motifs is 1. The summed E-state index contributed by atoms with van der Waals surface area (Å²) in [7, 11) is 1.60. The van der Waals surface area contributed by atoms with Gasteiger partial charge in [-0.25, -0.2) is 0 Å². The Labute approximate surface area is 172 Å². The van der Waals surface area contributed by atoms with Gasteiger partial charge in [-0.2, -0.15) is 4.68 Å². The molecule has 0 radical (unpaired) electrons. The highest BCUT2D eigenvalue weighted by atomic mass is 32.2. The molecule has 0 saturated heterocycles. The fraction of sp³-hybridized carbons (Fsp3) is 0.190. The number of aromatic nitrogens is 4. The maximum absolute atomic E-state index is 10.4. The van der Waals surface area contributed by atoms with Crippen molar-refractivity contribution in [3.8, 4) is 17.2 Å². The molecule has 0 saturated carbocycles. The summed E-state index contributed by atoms with van der Waals surface area (Å²) in [6.45, 7) is 0.178. The van der Waals surface area contributed by atoms with Crippen LogP contribution in [0.1, 0.15) is 0 Å². The predicted octanol–water partition coefficient (Wildman–Crippen LogP) is 3.36. The number of nitrogens with zero attached hydrogens (tertiary/aromatic N) is 4. The lowest BCUT2D eigenvalue weighted by molar-refractivity contribution is 0.127. The van der Waals surface area contributed by atoms with Crippen molar-refractivity contribution in [1.82, 2.24) is 20.2 Å². The Morgan fingerprint density at radius 3 is 2.66 bits per heavy atom. The summed E-state index contributed by atoms with van der Waals surface area (Å²) < 4.78 is 12.8. The summed E-state index contributed by atoms with van der Waals surface area (Å²) in [6, 6.07) is 21.4. The predicted molar refractivity (Wildman–Crippen MR) is 112 cm³/mol. The minimum absolute atomic E-state index is 0.178. The van der Waals surface area contributed by atoms with E-state index in [-0.39, 0.29) is 6.61 Å². The van der Waals surface area contributed by atoms with Crippen molar-refractivity contribution >= 4 is 22.5 Å². The molecule has 1 aromatic heterocycles. The molecule has 0 aliphatic heterocycles. The van der Waals surface area contributed by atoms with Gasteiger partial charge < -0.3 is 14.6 Å². The Hall–Kier alpha value is -3.10. The average Bonchev–Trinajstić information content (AvgIpc) is 3.24. The number of thioether (sulfide) groups is 1. The third kappa shape index (κ3) is 4.33. The van der Waals surface area contributed by atoms with E-state index in [1.54, 1.807) is 11.8 Å². The monoisotopic (exact) mass is 408 g/mol. The Balaban J connectivity index is 1.39. The normalized spacial score (nSPS) is 12.1. The van der Waals surface area contributed by atoms with E-state index >= 15 is 0 Å². The summed E-state index contributed by atoms with van der Waals surface area (Å²) >= 11 is 1.36. The van der Waals surface area contributed by atoms with Crippen LogP contribution in [0.25, 0.3) is 16.5 Å². The second-order valence-corrected chi connectivity index (χ2v) is 7.29. The highest BCUT2D eigenvalue weighted by Gasteiger charge is 2.15. The van der Waals surface area contributed by atoms with Gasteiger partial charge >= 0.3 is 0 Å². The first-order chi connectivity index (χ1) is 14.3. The van der Waals surface area contributed by atoms with Crippen LogP contribution in [0.4, 0.5) is 0 Å². The largest absolute Gasteiger partial charge is 0.494 e. The number of aliphatic hydroxyl groups is 1. The number of hydrogen-bond acceptors (Lipinski definition) is 7. The molecule has 0 fully saturated rings. The highest BCUT2D eigenvalue weighted by Crippen LogP contribution is 2.27. The average molecular weight is 408 g/mol. The van der Waals surface area contributed by atoms with Crippen LogP contribution >= 0.6 is 11.8 Å². The van der Waals surface area contributed by atoms with Gasteiger partial charge in [-0.05, 0) is 34.0 Å². The maximum Gasteiger partial charge on any atom is 0.214 e. The molecule has 29 heavy (non-hydrogen) atoms. The molecule has 3 aromatic carbocycles. The van der Waals surface area contributed by atoms with Crippen molar-refractivity contribution in [2.45, 2.75) is 11.3 Å². The zero-order chi connectivity index (χ0) is 20.1. The Morgan fingerprint density at radius 1 is 1.00 bits per heavy atom. The van der Waals surface area contributed by atoms with Crippen LogP contribution in [-0.2, 0) is 0 Å². The summed E-state index contributed by atoms with van der Waals surface area (Å²) in [6.07, 6.45) is -0.679. The van der Waals surface area contributed by atoms with E-state index in [9.17, 15) is 5.11 Å². The molecule has 0 spiro atoms. The number of aliphatic hydroxyl groups excluding tert-OH is 1. The molecule has 8 heteroatoms. The lowest BCUT2D eigenvalue weighted by Gasteiger charge is -2.14. The molecule has 1 heterocycles. The van der Waals surface area contributed by atoms with Crippen molar-refractivity contribution < 1.29 is 14.6 Å². The summed E-state index contributed by atoms with van der Waals surface area (Å²) in [5.74, 6) is 1.81. The van der Waals surface area contributed by atoms with Crippen molar-refractivity contribution in [3.63, 3.8) is 0 Å². The maximum atomic E-state index is 10.4. The lowest BCUT2D eigenvalue weighted by atomic mass is 10.1. The number of tetrazole rings is 1. The van der Waals surface area contributed by atoms with Gasteiger partial charge in [0.15, 0.2) is 0 Å². The second kappa shape index (κ2) is 8.93. The van der Waals surface area contributed by atoms with Crippen LogP contribution in [0.5, 0.6) is 11.5 Å². The molecular formula is C21H20N4O3S. The van der Waals surface area contributed by atoms with Crippen LogP contribution in [0.3, 0.4) is 0 Å². The SMILES string of the molecule is COc1ccccc1-n1nnnc1SCC(O)COc1cccc2ccccc12. The molecular weight excluding hydrogens is 388 g/mol. The van der Waals surface area contributed by atoms with E-state index in [1.165, 1.54) is 11.8 Å². The lowest BCUT2D eigenvalue weighted by Crippen LogP contribution is -2.20. The molecule has 4 aromatic rings. The van der Waals surface area contributed by atoms with Crippen molar-refractivity contribution in [2.75, 3.05) is 19.5 Å². The van der Waals surface area contributed by atoms with Crippen molar-refractivity contribution in [2.24, 2.45) is 0 Å². The van der Waals surface area contributed by atoms with E-state index in [0.29, 0.717) is 16.7 Å². The smallest absolute Gasteiger partial charge is 0.214 e. The van der Waals surface area contributed by atoms with Gasteiger partial charge in [0.1, 0.15) is 23.8 Å². The van der Waals surface area contributed by atoms with Gasteiger partial charge in [0, 0.05) is 11.1 Å². The minimum Gasteiger partial charge on any atom is -0.494 e. The highest BCUT2D eigenvalue weighted by molar-refractivity contribution is 7.99. The summed E-state index contributed by atoms with van der Waals surface area (Å²) in [4.78, 5) is 0. The molecule has 0 aliphatic rings. The van der Waals surface area contributed by atoms with Gasteiger partial charge in [0.05, 0.1) is 13.2 Å². The van der Waals surface area contributed by atoms with Gasteiger partial charge in [0.25, 0.3) is 0 Å². The van der Waals surface area contributed by atoms with Gasteiger partial charge in [-0.15, -0.1) is 5.10 Å². The fourth-order valence-corrected chi connectivity index (χ4v) is 3.74. The number of rotatable bonds is 8. The second-order valence-electron chi connectivity index (χ2n) is 6.30. The summed E-state index contributed by atoms with van der Waals surface area (Å²) in [5.41, 5.74) is 0.740. The van der Waals surface area contributed by atoms with Gasteiger partial charge in [-0.1, -0.05) is 60.3 Å². The Bertz CT molecular complexity index is 1100. The molecule has 0 aliphatic carbocycles. The van der Waals surface area contributed by atoms with Crippen LogP contribution in [0, 0.1) is 0 Å². The van der Waals surface area contributed by atoms with Crippen LogP contribution < -0.4 is 9.47 Å². The number of benzene rings is 3. The molecule has 148 valence electrons. The standard InChI is InChI=1S/C21H20N4O3S/c1-27-20-11-5-4-10-18(20)25-21(22-23-24-25)29-14-16(26)13-28-19-12-6-8-15-7-2-3-9-17(15)19/h2-12,16,26H,13-14H2,1H3. The van der Waals surface area contributed by atoms with E-state index in [0.717, 1.165) is 22.2 Å². The van der Waals surface area contributed by atoms with Gasteiger partial charge in [-0.3, -0.25) is 0 Å². The van der Waals surface area contributed by atoms with E-state index in [2.05, 4.69) is 15.5 Å². The molecule has 1 N–H and O–H groups in total. The van der Waals surface area contributed by atoms with E-state index < -0.39 is 6.10 Å². The Kier molecular flexibility index (Phi) is 5.92. The summed E-state index contributed by atoms with van der Waals surface area (Å²) in [5, 5.41) is 24.9. The molecule has 0 bridgehead atoms. The van der Waals surface area contributed by atoms with Crippen LogP contribution in [0.15, 0.2) is 71.9 Å². The Morgan fingerprint density at radius 2 is 1.76 bits per heavy atom. The van der Waals surface area contributed by atoms with E-state index in [1.807, 2.05) is 66.7 Å². The number of methoxy groups -OCH3 is 1. The number of para-hydroxylation sites is 2. The number of ether oxygens (including phenoxy) is 2. The third-order valence-corrected chi connectivity index (χ3v) is 5.40. The molecule has 1 atom stereocenters. The minimum atomic E-state index is -0.679. The van der Waals surface area contributed by atoms with Crippen LogP contribution in [0.2, 0.25) is 0 Å². The van der Waals surface area contributed by atoms with E-state index in [4.69, 9.17) is 9.47 Å². The van der Waals surface area contributed by atoms with Gasteiger partial charge in [0.2, 0.25) is 5.16 Å². The quantitative estimate of drug-likeness (QED) is 0.448. The van der Waals surface area contributed by atoms with Crippen molar-refractivity contribution in [1.29, 1.82) is 0 Å². The first-order valence-electron chi connectivity index (χ1n) is 9.09. The van der Waals surface area contributed by atoms with Crippen molar-refractivity contribution in [3.05, 3.63) is 66.7 Å². The first kappa shape index (κ1) is 19.2. The molecule has 7 nitrogen and oxygen atoms in total. The fourth-order valence-electron chi connectivity index (χ4n) is 2.95. The van der Waals surface area contributed by atoms with Crippen LogP contribution in [-0.4, -0.2) is 50.9 Å². The molecule has 0 amide bonds. The zero-order valence-electron chi connectivity index (χ0n) is 15.8. The molecule has 1 unspecified atom stereocenters. The number of hydrogen-bond donors (Lipinski definition) is 1. The first-order valence-corrected chi connectivity index (χ1v) is 10.1. The topological polar surface area (TPSA) is 82.3 Å². The third-order valence-electron chi connectivity index (χ3n) is 4.34. The zero-order valence-corrected chi connectivity index (χ0v) is 16.6. The molecule has 4 rings (SSSR count).